The number of nitrogens with one attached hydrogen (secondary N) is 1. The van der Waals surface area contributed by atoms with Gasteiger partial charge in [-0.1, -0.05) is 48.0 Å². The molecule has 19 heteroatoms. The molecule has 0 spiro atoms. The van der Waals surface area contributed by atoms with Gasteiger partial charge in [-0.05, 0) is 81.8 Å². The number of ether oxygens (including phenoxy) is 3. The molecule has 2 aliphatic heterocycles. The Kier molecular flexibility index (Phi) is 13.5. The Morgan fingerprint density at radius 2 is 1.75 bits per heavy atom. The molecule has 63 heavy (non-hydrogen) atoms. The molecule has 0 radical (unpaired) electrons. The third kappa shape index (κ3) is 10.4. The number of alkyl halides is 5. The van der Waals surface area contributed by atoms with Gasteiger partial charge in [0.05, 0.1) is 46.1 Å². The molecule has 7 rings (SSSR count). The summed E-state index contributed by atoms with van der Waals surface area (Å²) in [5, 5.41) is 0. The number of rotatable bonds is 10. The molecule has 2 amide bonds. The Bertz CT molecular complexity index is 2200. The molecule has 4 fully saturated rings. The van der Waals surface area contributed by atoms with Crippen LogP contribution in [0.3, 0.4) is 0 Å². The molecule has 2 bridgehead atoms. The lowest BCUT2D eigenvalue weighted by Gasteiger charge is -2.35. The number of hydrogen-bond donors (Lipinski definition) is 1. The normalized spacial score (nSPS) is 29.8. The van der Waals surface area contributed by atoms with Crippen molar-refractivity contribution in [2.45, 2.75) is 155 Å². The van der Waals surface area contributed by atoms with E-state index in [1.807, 2.05) is 4.72 Å². The Morgan fingerprint density at radius 3 is 2.37 bits per heavy atom. The lowest BCUT2D eigenvalue weighted by Crippen LogP contribution is -2.50. The first-order valence-corrected chi connectivity index (χ1v) is 23.0. The predicted octanol–water partition coefficient (Wildman–Crippen LogP) is 7.52. The summed E-state index contributed by atoms with van der Waals surface area (Å²) < 4.78 is 112. The summed E-state index contributed by atoms with van der Waals surface area (Å²) in [4.78, 5) is 67.8. The number of Topliss-reactive ketones (excluding diaryl/α,β-unsaturated/α-hetero) is 1. The maximum absolute atomic E-state index is 14.9. The number of carbonyl (C=O) groups excluding carboxylic acids is 4. The number of nitrogens with zero attached hydrogens (tertiary/aromatic N) is 3. The fraction of sp³-hybridized carbons (Fsp3) is 0.727. The quantitative estimate of drug-likeness (QED) is 0.185. The summed E-state index contributed by atoms with van der Waals surface area (Å²) >= 11 is 0. The molecular formula is C44H59F5N4O9S. The zero-order valence-electron chi connectivity index (χ0n) is 35.6. The van der Waals surface area contributed by atoms with Crippen LogP contribution in [0.25, 0.3) is 11.0 Å². The molecule has 0 unspecified atom stereocenters. The highest BCUT2D eigenvalue weighted by Crippen LogP contribution is 2.59. The summed E-state index contributed by atoms with van der Waals surface area (Å²) in [6, 6.07) is 2.81. The average molecular weight is 915 g/mol. The van der Waals surface area contributed by atoms with Crippen LogP contribution >= 0.6 is 0 Å². The molecule has 350 valence electrons. The summed E-state index contributed by atoms with van der Waals surface area (Å²) in [7, 11) is -4.25. The number of halogens is 5. The molecule has 3 saturated carbocycles. The maximum atomic E-state index is 14.9. The van der Waals surface area contributed by atoms with E-state index in [0.717, 1.165) is 19.3 Å². The van der Waals surface area contributed by atoms with Gasteiger partial charge in [0.1, 0.15) is 23.7 Å². The van der Waals surface area contributed by atoms with Crippen molar-refractivity contribution in [2.75, 3.05) is 13.2 Å². The van der Waals surface area contributed by atoms with Crippen molar-refractivity contribution in [2.24, 2.45) is 34.5 Å². The lowest BCUT2D eigenvalue weighted by molar-refractivity contribution is -0.154. The highest BCUT2D eigenvalue weighted by atomic mass is 32.2. The number of aromatic nitrogens is 2. The third-order valence-corrected chi connectivity index (χ3v) is 15.7. The van der Waals surface area contributed by atoms with E-state index in [-0.39, 0.29) is 68.8 Å². The molecule has 8 atom stereocenters. The lowest BCUT2D eigenvalue weighted by atomic mass is 9.77. The zero-order valence-corrected chi connectivity index (χ0v) is 36.4. The van der Waals surface area contributed by atoms with Crippen LogP contribution < -0.4 is 14.2 Å². The van der Waals surface area contributed by atoms with E-state index in [9.17, 15) is 49.5 Å². The molecule has 2 aromatic rings. The van der Waals surface area contributed by atoms with Crippen molar-refractivity contribution in [3.05, 3.63) is 23.9 Å². The molecule has 3 aliphatic carbocycles. The van der Waals surface area contributed by atoms with Gasteiger partial charge >= 0.3 is 12.1 Å². The van der Waals surface area contributed by atoms with E-state index in [2.05, 4.69) is 0 Å². The van der Waals surface area contributed by atoms with Crippen molar-refractivity contribution in [3.8, 4) is 11.6 Å². The van der Waals surface area contributed by atoms with Gasteiger partial charge in [-0.25, -0.2) is 27.2 Å². The smallest absolute Gasteiger partial charge is 0.422 e. The van der Waals surface area contributed by atoms with Gasteiger partial charge in [0, 0.05) is 24.3 Å². The molecule has 1 aromatic carbocycles. The minimum Gasteiger partial charge on any atom is -0.484 e. The first-order chi connectivity index (χ1) is 28.9. The number of ketones is 1. The number of sulfonamides is 1. The molecule has 1 aromatic heterocycles. The number of carbonyl (C=O) groups is 4. The summed E-state index contributed by atoms with van der Waals surface area (Å²) in [5.41, 5.74) is -1.93. The number of hydrogen-bond acceptors (Lipinski definition) is 11. The van der Waals surface area contributed by atoms with Crippen molar-refractivity contribution in [1.82, 2.24) is 19.6 Å². The number of amides is 2. The van der Waals surface area contributed by atoms with Crippen molar-refractivity contribution in [1.29, 1.82) is 0 Å². The van der Waals surface area contributed by atoms with Crippen LogP contribution in [0.1, 0.15) is 118 Å². The topological polar surface area (TPSA) is 171 Å². The number of esters is 1. The largest absolute Gasteiger partial charge is 0.484 e. The van der Waals surface area contributed by atoms with Crippen LogP contribution in [0.2, 0.25) is 0 Å². The fourth-order valence-electron chi connectivity index (χ4n) is 9.14. The zero-order chi connectivity index (χ0) is 45.2. The van der Waals surface area contributed by atoms with Gasteiger partial charge in [0.25, 0.3) is 0 Å². The standard InChI is InChI=1S/C43H55F5N4O9S.CH4/c1-6-25-33-21-52(35(25)31(53)20-42(19-27(42)36(44)45)39(56)51-62(57,58)41(5)14-15-41)38(55)26(40(2,3)4)18-34(54)60-32-16-23(32)10-8-7-9-11-29-37(61-33)50-30-17-24(12-13-28(30)49-29)59-22-43(46,47)48;/h12-13,17,23,25-27,32-33,35-36H,6-11,14-16,18-22H2,1-5H3,(H,51,56);1H4/t23-,25-,26-,27+,32-,33+,35+,42-;/m1./s1. The van der Waals surface area contributed by atoms with Crippen LogP contribution in [0, 0.1) is 34.5 Å². The van der Waals surface area contributed by atoms with E-state index >= 15 is 0 Å². The second-order valence-corrected chi connectivity index (χ2v) is 21.5. The number of benzene rings is 1. The van der Waals surface area contributed by atoms with Gasteiger partial charge < -0.3 is 19.1 Å². The minimum absolute atomic E-state index is 0. The third-order valence-electron chi connectivity index (χ3n) is 13.6. The molecule has 1 N–H and O–H groups in total. The Labute approximate surface area is 365 Å². The van der Waals surface area contributed by atoms with Crippen LogP contribution in [-0.2, 0) is 40.4 Å². The van der Waals surface area contributed by atoms with Gasteiger partial charge in [0.2, 0.25) is 34.1 Å². The van der Waals surface area contributed by atoms with Crippen LogP contribution in [0.15, 0.2) is 18.2 Å². The molecule has 1 saturated heterocycles. The second-order valence-electron chi connectivity index (χ2n) is 19.3. The van der Waals surface area contributed by atoms with Gasteiger partial charge in [-0.15, -0.1) is 0 Å². The molecule has 5 aliphatic rings. The second kappa shape index (κ2) is 17.7. The Balaban J connectivity index is 0.00000661. The van der Waals surface area contributed by atoms with Crippen molar-refractivity contribution < 1.29 is 63.8 Å². The molecule has 3 heterocycles. The summed E-state index contributed by atoms with van der Waals surface area (Å²) in [5.74, 6) is -6.45. The monoisotopic (exact) mass is 914 g/mol. The van der Waals surface area contributed by atoms with E-state index in [4.69, 9.17) is 24.2 Å². The molecule has 13 nitrogen and oxygen atoms in total. The Hall–Kier alpha value is -4.16. The SMILES string of the molecule is C.CC[C@@H]1[C@@H]2CN(C(=O)[C@H](C(C)(C)C)CC(=O)O[C@@H]3C[C@H]3CCCCCc3nc4ccc(OCC(F)(F)F)cc4nc3O2)[C@@H]1C(=O)C[C@]1(C(=O)NS(=O)(=O)C2(C)CC2)C[C@H]1C(F)F. The molecular weight excluding hydrogens is 856 g/mol. The fourth-order valence-corrected chi connectivity index (χ4v) is 10.5. The van der Waals surface area contributed by atoms with E-state index < -0.39 is 111 Å². The van der Waals surface area contributed by atoms with Crippen molar-refractivity contribution >= 4 is 44.6 Å². The number of fused-ring (bicyclic) bond motifs is 5. The van der Waals surface area contributed by atoms with E-state index in [0.29, 0.717) is 30.5 Å². The minimum atomic E-state index is -4.59. The van der Waals surface area contributed by atoms with Crippen LogP contribution in [0.5, 0.6) is 11.6 Å². The predicted molar refractivity (Wildman–Crippen MR) is 220 cm³/mol. The average Bonchev–Trinajstić information content (AvgIpc) is 4.13. The van der Waals surface area contributed by atoms with Crippen LogP contribution in [-0.4, -0.2) is 95.6 Å². The van der Waals surface area contributed by atoms with Crippen molar-refractivity contribution in [3.63, 3.8) is 0 Å². The highest BCUT2D eigenvalue weighted by Gasteiger charge is 2.67. The van der Waals surface area contributed by atoms with Crippen LogP contribution in [0.4, 0.5) is 22.0 Å². The van der Waals surface area contributed by atoms with E-state index in [1.54, 1.807) is 27.7 Å². The van der Waals surface area contributed by atoms with E-state index in [1.165, 1.54) is 30.0 Å². The van der Waals surface area contributed by atoms with Gasteiger partial charge in [-0.3, -0.25) is 23.9 Å². The number of aryl methyl sites for hydroxylation is 1. The highest BCUT2D eigenvalue weighted by molar-refractivity contribution is 7.91. The summed E-state index contributed by atoms with van der Waals surface area (Å²) in [6.45, 7) is 6.75. The van der Waals surface area contributed by atoms with Gasteiger partial charge in [0.15, 0.2) is 12.4 Å². The maximum Gasteiger partial charge on any atom is 0.422 e. The van der Waals surface area contributed by atoms with Gasteiger partial charge in [-0.2, -0.15) is 13.2 Å². The first kappa shape index (κ1) is 48.3. The first-order valence-electron chi connectivity index (χ1n) is 21.5. The Morgan fingerprint density at radius 1 is 1.03 bits per heavy atom. The summed E-state index contributed by atoms with van der Waals surface area (Å²) in [6.07, 6.45) is -5.47.